The number of primary amides is 1. The average Bonchev–Trinajstić information content (AvgIpc) is 3.08. The summed E-state index contributed by atoms with van der Waals surface area (Å²) in [6.07, 6.45) is 11.6. The summed E-state index contributed by atoms with van der Waals surface area (Å²) < 4.78 is 4.48. The Morgan fingerprint density at radius 3 is 2.54 bits per heavy atom. The van der Waals surface area contributed by atoms with Gasteiger partial charge in [-0.05, 0) is 42.7 Å². The molecule has 4 nitrogen and oxygen atoms in total. The van der Waals surface area contributed by atoms with Gasteiger partial charge in [-0.25, -0.2) is 9.13 Å². The number of unbranched alkanes of at least 4 members (excludes halogenated alkanes) is 1. The minimum Gasteiger partial charge on any atom is -0.369 e. The van der Waals surface area contributed by atoms with E-state index in [1.807, 2.05) is 6.92 Å². The second-order valence-electron chi connectivity index (χ2n) is 7.40. The summed E-state index contributed by atoms with van der Waals surface area (Å²) in [5.74, 6) is 0.281. The summed E-state index contributed by atoms with van der Waals surface area (Å²) in [5, 5.41) is 0. The molecule has 0 spiro atoms. The molecule has 0 aliphatic carbocycles. The van der Waals surface area contributed by atoms with E-state index in [4.69, 9.17) is 5.73 Å². The van der Waals surface area contributed by atoms with E-state index in [1.165, 1.54) is 24.0 Å². The van der Waals surface area contributed by atoms with Crippen LogP contribution in [-0.4, -0.2) is 10.5 Å². The smallest absolute Gasteiger partial charge is 0.244 e. The molecule has 0 saturated heterocycles. The van der Waals surface area contributed by atoms with Crippen LogP contribution in [0.5, 0.6) is 0 Å². The molecule has 0 bridgehead atoms. The molecule has 1 aromatic heterocycles. The van der Waals surface area contributed by atoms with Crippen LogP contribution >= 0.6 is 0 Å². The Bertz CT molecular complexity index is 675. The average molecular weight is 357 g/mol. The van der Waals surface area contributed by atoms with Crippen LogP contribution < -0.4 is 10.3 Å². The largest absolute Gasteiger partial charge is 0.369 e. The highest BCUT2D eigenvalue weighted by atomic mass is 16.1. The zero-order chi connectivity index (χ0) is 18.9. The van der Waals surface area contributed by atoms with Crippen molar-refractivity contribution in [1.82, 2.24) is 4.57 Å². The van der Waals surface area contributed by atoms with Crippen LogP contribution in [0.15, 0.2) is 43.0 Å². The number of imidazole rings is 1. The van der Waals surface area contributed by atoms with E-state index < -0.39 is 0 Å². The maximum Gasteiger partial charge on any atom is 0.244 e. The molecule has 2 atom stereocenters. The first kappa shape index (κ1) is 20.2. The van der Waals surface area contributed by atoms with Crippen molar-refractivity contribution in [3.05, 3.63) is 54.1 Å². The number of aromatic nitrogens is 2. The van der Waals surface area contributed by atoms with Gasteiger partial charge in [0, 0.05) is 5.92 Å². The molecule has 0 aliphatic heterocycles. The van der Waals surface area contributed by atoms with Crippen molar-refractivity contribution in [1.29, 1.82) is 0 Å². The molecule has 1 aromatic carbocycles. The van der Waals surface area contributed by atoms with Gasteiger partial charge in [0.1, 0.15) is 18.9 Å². The number of hydrogen-bond acceptors (Lipinski definition) is 1. The number of benzene rings is 1. The second kappa shape index (κ2) is 10.1. The third kappa shape index (κ3) is 6.01. The molecular weight excluding hydrogens is 322 g/mol. The first-order valence-corrected chi connectivity index (χ1v) is 9.96. The predicted molar refractivity (Wildman–Crippen MR) is 106 cm³/mol. The standard InChI is InChI=1S/C22H33N3O/c1-4-6-13-24-14-15-25(17-24)16-19-8-11-21(12-9-19)18(3)7-10-20(5-2)22(23)26/h8-9,11-12,14-15,17-18,20H,4-7,10,13,16H2,1-3H3,(H-,23,26)/p+1. The van der Waals surface area contributed by atoms with E-state index in [-0.39, 0.29) is 11.8 Å². The summed E-state index contributed by atoms with van der Waals surface area (Å²) in [6.45, 7) is 8.46. The van der Waals surface area contributed by atoms with E-state index in [2.05, 4.69) is 66.0 Å². The number of hydrogen-bond donors (Lipinski definition) is 1. The number of nitrogens with two attached hydrogens (primary N) is 1. The highest BCUT2D eigenvalue weighted by molar-refractivity contribution is 5.76. The summed E-state index contributed by atoms with van der Waals surface area (Å²) in [4.78, 5) is 11.4. The molecule has 2 aromatic rings. The molecule has 2 rings (SSSR count). The second-order valence-corrected chi connectivity index (χ2v) is 7.40. The number of nitrogens with zero attached hydrogens (tertiary/aromatic N) is 2. The number of carbonyl (C=O) groups excluding carboxylic acids is 1. The van der Waals surface area contributed by atoms with Crippen LogP contribution in [0.3, 0.4) is 0 Å². The Morgan fingerprint density at radius 1 is 1.19 bits per heavy atom. The van der Waals surface area contributed by atoms with Crippen LogP contribution in [-0.2, 0) is 17.9 Å². The number of rotatable bonds is 11. The van der Waals surface area contributed by atoms with Crippen LogP contribution in [0.25, 0.3) is 0 Å². The van der Waals surface area contributed by atoms with Gasteiger partial charge in [-0.15, -0.1) is 0 Å². The first-order chi connectivity index (χ1) is 12.5. The normalized spacial score (nSPS) is 13.5. The van der Waals surface area contributed by atoms with E-state index >= 15 is 0 Å². The topological polar surface area (TPSA) is 51.9 Å². The first-order valence-electron chi connectivity index (χ1n) is 9.96. The zero-order valence-corrected chi connectivity index (χ0v) is 16.5. The van der Waals surface area contributed by atoms with E-state index in [9.17, 15) is 4.79 Å². The molecule has 0 aliphatic rings. The molecule has 0 radical (unpaired) electrons. The molecule has 26 heavy (non-hydrogen) atoms. The lowest BCUT2D eigenvalue weighted by molar-refractivity contribution is -0.687. The van der Waals surface area contributed by atoms with Crippen LogP contribution in [0, 0.1) is 5.92 Å². The Morgan fingerprint density at radius 2 is 1.92 bits per heavy atom. The van der Waals surface area contributed by atoms with Crippen LogP contribution in [0.4, 0.5) is 0 Å². The Labute approximate surface area is 158 Å². The Balaban J connectivity index is 1.88. The van der Waals surface area contributed by atoms with Crippen molar-refractivity contribution in [3.63, 3.8) is 0 Å². The summed E-state index contributed by atoms with van der Waals surface area (Å²) in [7, 11) is 0. The van der Waals surface area contributed by atoms with Crippen molar-refractivity contribution in [2.24, 2.45) is 11.7 Å². The van der Waals surface area contributed by atoms with Crippen molar-refractivity contribution in [2.45, 2.75) is 71.9 Å². The Kier molecular flexibility index (Phi) is 7.89. The van der Waals surface area contributed by atoms with Gasteiger partial charge in [-0.1, -0.05) is 51.5 Å². The highest BCUT2D eigenvalue weighted by Crippen LogP contribution is 2.24. The van der Waals surface area contributed by atoms with Gasteiger partial charge in [0.05, 0.1) is 6.54 Å². The number of aryl methyl sites for hydroxylation is 1. The molecule has 1 amide bonds. The van der Waals surface area contributed by atoms with Crippen LogP contribution in [0.1, 0.15) is 69.9 Å². The molecule has 0 saturated carbocycles. The number of carbonyl (C=O) groups is 1. The van der Waals surface area contributed by atoms with Gasteiger partial charge in [0.2, 0.25) is 12.2 Å². The lowest BCUT2D eigenvalue weighted by Crippen LogP contribution is -2.31. The van der Waals surface area contributed by atoms with Crippen molar-refractivity contribution in [2.75, 3.05) is 0 Å². The van der Waals surface area contributed by atoms with E-state index in [0.717, 1.165) is 32.4 Å². The Hall–Kier alpha value is -2.10. The van der Waals surface area contributed by atoms with Gasteiger partial charge in [-0.3, -0.25) is 4.79 Å². The van der Waals surface area contributed by atoms with E-state index in [1.54, 1.807) is 0 Å². The third-order valence-corrected chi connectivity index (χ3v) is 5.27. The summed E-state index contributed by atoms with van der Waals surface area (Å²) >= 11 is 0. The fourth-order valence-electron chi connectivity index (χ4n) is 3.33. The quantitative estimate of drug-likeness (QED) is 0.608. The summed E-state index contributed by atoms with van der Waals surface area (Å²) in [5.41, 5.74) is 8.09. The monoisotopic (exact) mass is 356 g/mol. The van der Waals surface area contributed by atoms with Gasteiger partial charge in [0.25, 0.3) is 0 Å². The minimum absolute atomic E-state index is 0.00451. The maximum atomic E-state index is 11.4. The summed E-state index contributed by atoms with van der Waals surface area (Å²) in [6, 6.07) is 8.88. The maximum absolute atomic E-state index is 11.4. The predicted octanol–water partition coefficient (Wildman–Crippen LogP) is 4.02. The van der Waals surface area contributed by atoms with Gasteiger partial charge < -0.3 is 5.73 Å². The molecule has 4 heteroatoms. The fraction of sp³-hybridized carbons (Fsp3) is 0.545. The molecule has 2 unspecified atom stereocenters. The molecule has 0 fully saturated rings. The molecule has 2 N–H and O–H groups in total. The highest BCUT2D eigenvalue weighted by Gasteiger charge is 2.15. The molecule has 142 valence electrons. The van der Waals surface area contributed by atoms with Crippen molar-refractivity contribution < 1.29 is 9.36 Å². The zero-order valence-electron chi connectivity index (χ0n) is 16.5. The third-order valence-electron chi connectivity index (χ3n) is 5.27. The lowest BCUT2D eigenvalue weighted by atomic mass is 9.90. The van der Waals surface area contributed by atoms with Gasteiger partial charge in [-0.2, -0.15) is 0 Å². The fourth-order valence-corrected chi connectivity index (χ4v) is 3.33. The van der Waals surface area contributed by atoms with E-state index in [0.29, 0.717) is 5.92 Å². The SMILES string of the molecule is CCCCn1cc[n+](Cc2ccc(C(C)CCC(CC)C(N)=O)cc2)c1. The lowest BCUT2D eigenvalue weighted by Gasteiger charge is -2.16. The molecular formula is C22H34N3O+. The van der Waals surface area contributed by atoms with Crippen LogP contribution in [0.2, 0.25) is 0 Å². The van der Waals surface area contributed by atoms with Crippen molar-refractivity contribution in [3.8, 4) is 0 Å². The minimum atomic E-state index is -0.169. The number of amides is 1. The molecule has 1 heterocycles. The van der Waals surface area contributed by atoms with Gasteiger partial charge >= 0.3 is 0 Å². The van der Waals surface area contributed by atoms with Crippen molar-refractivity contribution >= 4 is 5.91 Å². The van der Waals surface area contributed by atoms with Gasteiger partial charge in [0.15, 0.2) is 0 Å².